The summed E-state index contributed by atoms with van der Waals surface area (Å²) in [5.41, 5.74) is 10.2. The number of benzene rings is 7. The van der Waals surface area contributed by atoms with Crippen molar-refractivity contribution in [3.63, 3.8) is 0 Å². The predicted octanol–water partition coefficient (Wildman–Crippen LogP) is 8.61. The molecule has 4 heterocycles. The van der Waals surface area contributed by atoms with Gasteiger partial charge in [0.25, 0.3) is 6.71 Å². The van der Waals surface area contributed by atoms with Crippen molar-refractivity contribution in [3.8, 4) is 34.4 Å². The lowest BCUT2D eigenvalue weighted by Crippen LogP contribution is -2.57. The van der Waals surface area contributed by atoms with E-state index < -0.39 is 0 Å². The average molecular weight is 600 g/mol. The molecule has 4 nitrogen and oxygen atoms in total. The van der Waals surface area contributed by atoms with Crippen molar-refractivity contribution in [2.75, 3.05) is 0 Å². The predicted molar refractivity (Wildman–Crippen MR) is 193 cm³/mol. The Morgan fingerprint density at radius 2 is 0.830 bits per heavy atom. The maximum atomic E-state index is 6.69. The normalized spacial score (nSPS) is 13.0. The van der Waals surface area contributed by atoms with Crippen LogP contribution in [0.2, 0.25) is 0 Å². The van der Waals surface area contributed by atoms with Gasteiger partial charge in [0, 0.05) is 44.8 Å². The lowest BCUT2D eigenvalue weighted by atomic mass is 9.35. The van der Waals surface area contributed by atoms with Gasteiger partial charge in [-0.25, -0.2) is 0 Å². The minimum atomic E-state index is 0.0471. The van der Waals surface area contributed by atoms with Crippen LogP contribution in [0.1, 0.15) is 0 Å². The molecule has 0 bridgehead atoms. The first-order chi connectivity index (χ1) is 23.3. The highest BCUT2D eigenvalue weighted by Crippen LogP contribution is 2.42. The monoisotopic (exact) mass is 600 g/mol. The molecule has 0 amide bonds. The summed E-state index contributed by atoms with van der Waals surface area (Å²) in [5.74, 6) is 3.46. The Kier molecular flexibility index (Phi) is 4.89. The van der Waals surface area contributed by atoms with Gasteiger partial charge in [-0.3, -0.25) is 0 Å². The van der Waals surface area contributed by atoms with Crippen molar-refractivity contribution in [2.24, 2.45) is 0 Å². The van der Waals surface area contributed by atoms with Crippen LogP contribution in [0.25, 0.3) is 55.0 Å². The third kappa shape index (κ3) is 3.38. The van der Waals surface area contributed by atoms with Gasteiger partial charge in [0.05, 0.1) is 27.8 Å². The minimum absolute atomic E-state index is 0.0471. The fraction of sp³-hybridized carbons (Fsp3) is 0. The van der Waals surface area contributed by atoms with E-state index in [-0.39, 0.29) is 6.71 Å². The van der Waals surface area contributed by atoms with E-state index in [0.717, 1.165) is 50.9 Å². The van der Waals surface area contributed by atoms with Crippen molar-refractivity contribution < 1.29 is 9.47 Å². The van der Waals surface area contributed by atoms with E-state index in [1.807, 2.05) is 12.1 Å². The molecule has 0 aliphatic carbocycles. The zero-order valence-electron chi connectivity index (χ0n) is 25.2. The SMILES string of the molecule is c1ccc(-n2c3ccccc3c3cc4c(cc32)c2ccccc2n4-c2cc3c4c(c2)Oc2ccccc2B4c2ccccc2O3)cc1. The minimum Gasteiger partial charge on any atom is -0.458 e. The molecule has 0 spiro atoms. The molecule has 0 atom stereocenters. The van der Waals surface area contributed by atoms with Crippen molar-refractivity contribution >= 4 is 66.7 Å². The fourth-order valence-corrected chi connectivity index (χ4v) is 8.07. The number of fused-ring (bicyclic) bond motifs is 10. The number of rotatable bonds is 2. The van der Waals surface area contributed by atoms with Crippen LogP contribution >= 0.6 is 0 Å². The highest BCUT2D eigenvalue weighted by Gasteiger charge is 2.40. The molecule has 0 N–H and O–H groups in total. The largest absolute Gasteiger partial charge is 0.458 e. The third-order valence-corrected chi connectivity index (χ3v) is 10.0. The molecular formula is C42H25BN2O2. The summed E-state index contributed by atoms with van der Waals surface area (Å²) in [7, 11) is 0. The van der Waals surface area contributed by atoms with E-state index >= 15 is 0 Å². The summed E-state index contributed by atoms with van der Waals surface area (Å²) in [5, 5.41) is 4.86. The van der Waals surface area contributed by atoms with Crippen molar-refractivity contribution in [1.82, 2.24) is 9.13 Å². The molecule has 47 heavy (non-hydrogen) atoms. The highest BCUT2D eigenvalue weighted by atomic mass is 16.5. The molecule has 2 aromatic heterocycles. The van der Waals surface area contributed by atoms with E-state index in [0.29, 0.717) is 0 Å². The maximum Gasteiger partial charge on any atom is 0.260 e. The Bertz CT molecular complexity index is 2690. The van der Waals surface area contributed by atoms with Crippen molar-refractivity contribution in [3.05, 3.63) is 152 Å². The van der Waals surface area contributed by atoms with Gasteiger partial charge in [0.15, 0.2) is 0 Å². The van der Waals surface area contributed by atoms with Gasteiger partial charge in [0.1, 0.15) is 23.0 Å². The Morgan fingerprint density at radius 3 is 1.40 bits per heavy atom. The molecule has 0 saturated heterocycles. The summed E-state index contributed by atoms with van der Waals surface area (Å²) in [6.45, 7) is 0.0471. The zero-order chi connectivity index (χ0) is 30.6. The van der Waals surface area contributed by atoms with Gasteiger partial charge in [-0.1, -0.05) is 91.0 Å². The molecule has 0 radical (unpaired) electrons. The molecule has 11 rings (SSSR count). The van der Waals surface area contributed by atoms with Gasteiger partial charge in [-0.2, -0.15) is 0 Å². The first kappa shape index (κ1) is 25.0. The molecule has 2 aliphatic heterocycles. The summed E-state index contributed by atoms with van der Waals surface area (Å²) < 4.78 is 18.1. The number of para-hydroxylation sites is 5. The van der Waals surface area contributed by atoms with Gasteiger partial charge in [-0.15, -0.1) is 0 Å². The second-order valence-electron chi connectivity index (χ2n) is 12.5. The molecular weight excluding hydrogens is 575 g/mol. The van der Waals surface area contributed by atoms with E-state index in [4.69, 9.17) is 9.47 Å². The topological polar surface area (TPSA) is 28.3 Å². The van der Waals surface area contributed by atoms with E-state index in [9.17, 15) is 0 Å². The van der Waals surface area contributed by atoms with Crippen molar-refractivity contribution in [1.29, 1.82) is 0 Å². The maximum absolute atomic E-state index is 6.69. The molecule has 9 aromatic rings. The molecule has 2 aliphatic rings. The number of hydrogen-bond donors (Lipinski definition) is 0. The van der Waals surface area contributed by atoms with Crippen LogP contribution in [-0.4, -0.2) is 15.8 Å². The van der Waals surface area contributed by atoms with E-state index in [1.165, 1.54) is 43.5 Å². The van der Waals surface area contributed by atoms with Gasteiger partial charge in [0.2, 0.25) is 0 Å². The van der Waals surface area contributed by atoms with E-state index in [2.05, 4.69) is 149 Å². The quantitative estimate of drug-likeness (QED) is 0.186. The first-order valence-corrected chi connectivity index (χ1v) is 16.1. The van der Waals surface area contributed by atoms with Crippen LogP contribution < -0.4 is 25.9 Å². The van der Waals surface area contributed by atoms with E-state index in [1.54, 1.807) is 0 Å². The summed E-state index contributed by atoms with van der Waals surface area (Å²) in [6, 6.07) is 53.9. The smallest absolute Gasteiger partial charge is 0.260 e. The molecule has 5 heteroatoms. The highest BCUT2D eigenvalue weighted by molar-refractivity contribution is 6.98. The van der Waals surface area contributed by atoms with Gasteiger partial charge < -0.3 is 18.6 Å². The Labute approximate surface area is 270 Å². The first-order valence-electron chi connectivity index (χ1n) is 16.1. The summed E-state index contributed by atoms with van der Waals surface area (Å²) in [4.78, 5) is 0. The van der Waals surface area contributed by atoms with Crippen LogP contribution in [0.5, 0.6) is 23.0 Å². The summed E-state index contributed by atoms with van der Waals surface area (Å²) in [6.07, 6.45) is 0. The number of ether oxygens (including phenoxy) is 2. The van der Waals surface area contributed by atoms with Crippen LogP contribution in [-0.2, 0) is 0 Å². The average Bonchev–Trinajstić information content (AvgIpc) is 3.62. The molecule has 0 saturated carbocycles. The lowest BCUT2D eigenvalue weighted by molar-refractivity contribution is 0.464. The number of nitrogens with zero attached hydrogens (tertiary/aromatic N) is 2. The lowest BCUT2D eigenvalue weighted by Gasteiger charge is -2.33. The fourth-order valence-electron chi connectivity index (χ4n) is 8.07. The molecule has 7 aromatic carbocycles. The van der Waals surface area contributed by atoms with Crippen LogP contribution in [0.4, 0.5) is 0 Å². The van der Waals surface area contributed by atoms with Crippen LogP contribution in [0.15, 0.2) is 152 Å². The van der Waals surface area contributed by atoms with Gasteiger partial charge in [-0.05, 0) is 59.5 Å². The Balaban J connectivity index is 1.22. The second-order valence-corrected chi connectivity index (χ2v) is 12.5. The Morgan fingerprint density at radius 1 is 0.362 bits per heavy atom. The van der Waals surface area contributed by atoms with Crippen LogP contribution in [0.3, 0.4) is 0 Å². The zero-order valence-corrected chi connectivity index (χ0v) is 25.2. The van der Waals surface area contributed by atoms with Crippen molar-refractivity contribution in [2.45, 2.75) is 0 Å². The van der Waals surface area contributed by atoms with Gasteiger partial charge >= 0.3 is 0 Å². The molecule has 0 unspecified atom stereocenters. The standard InChI is InChI=1S/C42H25BN2O2/c1-2-12-26(13-3-1)44-34-18-8-4-14-28(34)30-25-37-31(24-36(30)44)29-15-5-9-19-35(29)45(37)27-22-40-42-41(23-27)47-39-21-11-7-17-33(39)43(42)32-16-6-10-20-38(32)46-40/h1-25H. The molecule has 0 fully saturated rings. The number of hydrogen-bond acceptors (Lipinski definition) is 2. The number of aromatic nitrogens is 2. The van der Waals surface area contributed by atoms with Crippen LogP contribution in [0, 0.1) is 0 Å². The molecule has 218 valence electrons. The Hall–Kier alpha value is -6.20. The summed E-state index contributed by atoms with van der Waals surface area (Å²) >= 11 is 0. The second kappa shape index (κ2) is 9.18. The third-order valence-electron chi connectivity index (χ3n) is 10.0.